The van der Waals surface area contributed by atoms with Crippen molar-refractivity contribution in [3.8, 4) is 11.8 Å². The van der Waals surface area contributed by atoms with Gasteiger partial charge in [-0.3, -0.25) is 0 Å². The Morgan fingerprint density at radius 1 is 1.62 bits per heavy atom. The van der Waals surface area contributed by atoms with Crippen LogP contribution in [0, 0.1) is 11.3 Å². The Hall–Kier alpha value is -1.73. The van der Waals surface area contributed by atoms with Crippen molar-refractivity contribution in [3.63, 3.8) is 0 Å². The van der Waals surface area contributed by atoms with E-state index in [0.717, 1.165) is 11.4 Å². The molecule has 0 bridgehead atoms. The van der Waals surface area contributed by atoms with Gasteiger partial charge >= 0.3 is 0 Å². The van der Waals surface area contributed by atoms with Gasteiger partial charge in [-0.2, -0.15) is 5.26 Å². The van der Waals surface area contributed by atoms with E-state index in [1.165, 1.54) is 0 Å². The van der Waals surface area contributed by atoms with E-state index >= 15 is 0 Å². The van der Waals surface area contributed by atoms with E-state index in [9.17, 15) is 0 Å². The predicted octanol–water partition coefficient (Wildman–Crippen LogP) is 1.14. The summed E-state index contributed by atoms with van der Waals surface area (Å²) in [5.74, 6) is 0.802. The van der Waals surface area contributed by atoms with Crippen LogP contribution in [0.4, 0.5) is 5.69 Å². The molecule has 1 aromatic carbocycles. The van der Waals surface area contributed by atoms with Crippen LogP contribution in [0.25, 0.3) is 0 Å². The molecule has 0 saturated carbocycles. The number of likely N-dealkylation sites (N-methyl/N-ethyl adjacent to an activating group) is 1. The molecule has 1 N–H and O–H groups in total. The van der Waals surface area contributed by atoms with Gasteiger partial charge < -0.3 is 14.7 Å². The molecular formula is C12H14N2O2. The smallest absolute Gasteiger partial charge is 0.142 e. The van der Waals surface area contributed by atoms with Crippen LogP contribution >= 0.6 is 0 Å². The van der Waals surface area contributed by atoms with E-state index in [4.69, 9.17) is 15.1 Å². The van der Waals surface area contributed by atoms with Crippen molar-refractivity contribution in [1.29, 1.82) is 5.26 Å². The summed E-state index contributed by atoms with van der Waals surface area (Å²) in [7, 11) is 1.96. The maximum absolute atomic E-state index is 8.95. The van der Waals surface area contributed by atoms with E-state index < -0.39 is 0 Å². The van der Waals surface area contributed by atoms with Gasteiger partial charge in [0.1, 0.15) is 12.4 Å². The fourth-order valence-corrected chi connectivity index (χ4v) is 1.91. The average molecular weight is 218 g/mol. The standard InChI is InChI=1S/C12H14N2O2/c1-14-10(4-5-15)8-16-12-3-2-9(7-13)6-11(12)14/h2-3,6,10,15H,4-5,8H2,1H3. The Labute approximate surface area is 94.7 Å². The first-order chi connectivity index (χ1) is 7.76. The van der Waals surface area contributed by atoms with Crippen LogP contribution in [0.3, 0.4) is 0 Å². The first kappa shape index (κ1) is 10.8. The van der Waals surface area contributed by atoms with Gasteiger partial charge in [0.2, 0.25) is 0 Å². The minimum atomic E-state index is 0.144. The van der Waals surface area contributed by atoms with E-state index in [1.807, 2.05) is 19.2 Å². The van der Waals surface area contributed by atoms with Crippen molar-refractivity contribution in [2.24, 2.45) is 0 Å². The quantitative estimate of drug-likeness (QED) is 0.808. The molecule has 0 radical (unpaired) electrons. The molecule has 0 saturated heterocycles. The fourth-order valence-electron chi connectivity index (χ4n) is 1.91. The van der Waals surface area contributed by atoms with E-state index in [2.05, 4.69) is 11.0 Å². The lowest BCUT2D eigenvalue weighted by Crippen LogP contribution is -2.40. The van der Waals surface area contributed by atoms with Gasteiger partial charge in [0.05, 0.1) is 23.4 Å². The molecule has 2 rings (SSSR count). The number of anilines is 1. The SMILES string of the molecule is CN1c2cc(C#N)ccc2OCC1CCO. The fraction of sp³-hybridized carbons (Fsp3) is 0.417. The van der Waals surface area contributed by atoms with Crippen LogP contribution < -0.4 is 9.64 Å². The molecule has 0 aromatic heterocycles. The number of hydrogen-bond donors (Lipinski definition) is 1. The van der Waals surface area contributed by atoms with Crippen LogP contribution in [-0.2, 0) is 0 Å². The van der Waals surface area contributed by atoms with Crippen molar-refractivity contribution in [1.82, 2.24) is 0 Å². The molecule has 1 aliphatic heterocycles. The molecule has 1 aliphatic rings. The number of aliphatic hydroxyl groups is 1. The highest BCUT2D eigenvalue weighted by Gasteiger charge is 2.24. The summed E-state index contributed by atoms with van der Waals surface area (Å²) in [6.45, 7) is 0.724. The first-order valence-electron chi connectivity index (χ1n) is 5.27. The van der Waals surface area contributed by atoms with Gasteiger partial charge in [-0.05, 0) is 24.6 Å². The highest BCUT2D eigenvalue weighted by atomic mass is 16.5. The number of benzene rings is 1. The molecule has 0 amide bonds. The third-order valence-electron chi connectivity index (χ3n) is 2.91. The number of fused-ring (bicyclic) bond motifs is 1. The molecule has 0 aliphatic carbocycles. The highest BCUT2D eigenvalue weighted by Crippen LogP contribution is 2.34. The normalized spacial score (nSPS) is 18.6. The molecule has 4 heteroatoms. The summed E-state index contributed by atoms with van der Waals surface area (Å²) < 4.78 is 5.60. The lowest BCUT2D eigenvalue weighted by molar-refractivity contribution is 0.219. The topological polar surface area (TPSA) is 56.5 Å². The third-order valence-corrected chi connectivity index (χ3v) is 2.91. The molecule has 84 valence electrons. The van der Waals surface area contributed by atoms with Crippen molar-refractivity contribution < 1.29 is 9.84 Å². The predicted molar refractivity (Wildman–Crippen MR) is 60.5 cm³/mol. The van der Waals surface area contributed by atoms with Gasteiger partial charge in [-0.15, -0.1) is 0 Å². The summed E-state index contributed by atoms with van der Waals surface area (Å²) in [6, 6.07) is 7.67. The van der Waals surface area contributed by atoms with Gasteiger partial charge in [0.15, 0.2) is 0 Å². The second-order valence-electron chi connectivity index (χ2n) is 3.88. The Balaban J connectivity index is 2.31. The molecular weight excluding hydrogens is 204 g/mol. The molecule has 0 fully saturated rings. The molecule has 16 heavy (non-hydrogen) atoms. The summed E-state index contributed by atoms with van der Waals surface area (Å²) in [6.07, 6.45) is 0.673. The lowest BCUT2D eigenvalue weighted by atomic mass is 10.1. The van der Waals surface area contributed by atoms with Crippen LogP contribution in [0.1, 0.15) is 12.0 Å². The zero-order valence-electron chi connectivity index (χ0n) is 9.18. The largest absolute Gasteiger partial charge is 0.489 e. The van der Waals surface area contributed by atoms with Crippen molar-refractivity contribution in [2.45, 2.75) is 12.5 Å². The van der Waals surface area contributed by atoms with Gasteiger partial charge in [0, 0.05) is 13.7 Å². The molecule has 1 atom stereocenters. The number of hydrogen-bond acceptors (Lipinski definition) is 4. The number of ether oxygens (including phenoxy) is 1. The summed E-state index contributed by atoms with van der Waals surface area (Å²) in [5, 5.41) is 17.8. The Bertz CT molecular complexity index is 426. The number of rotatable bonds is 2. The summed E-state index contributed by atoms with van der Waals surface area (Å²) in [5.41, 5.74) is 1.54. The van der Waals surface area contributed by atoms with Gasteiger partial charge in [-0.1, -0.05) is 0 Å². The van der Waals surface area contributed by atoms with Gasteiger partial charge in [-0.25, -0.2) is 0 Å². The molecule has 4 nitrogen and oxygen atoms in total. The second-order valence-corrected chi connectivity index (χ2v) is 3.88. The van der Waals surface area contributed by atoms with Crippen molar-refractivity contribution in [2.75, 3.05) is 25.2 Å². The molecule has 1 aromatic rings. The van der Waals surface area contributed by atoms with E-state index in [-0.39, 0.29) is 12.6 Å². The summed E-state index contributed by atoms with van der Waals surface area (Å²) >= 11 is 0. The highest BCUT2D eigenvalue weighted by molar-refractivity contribution is 5.63. The maximum atomic E-state index is 8.95. The zero-order chi connectivity index (χ0) is 11.5. The number of aliphatic hydroxyl groups excluding tert-OH is 1. The first-order valence-corrected chi connectivity index (χ1v) is 5.27. The maximum Gasteiger partial charge on any atom is 0.142 e. The van der Waals surface area contributed by atoms with Crippen LogP contribution in [0.5, 0.6) is 5.75 Å². The minimum absolute atomic E-state index is 0.144. The minimum Gasteiger partial charge on any atom is -0.489 e. The average Bonchev–Trinajstić information content (AvgIpc) is 2.33. The van der Waals surface area contributed by atoms with Crippen LogP contribution in [0.2, 0.25) is 0 Å². The Kier molecular flexibility index (Phi) is 2.97. The second kappa shape index (κ2) is 4.42. The van der Waals surface area contributed by atoms with E-state index in [1.54, 1.807) is 6.07 Å². The van der Waals surface area contributed by atoms with Crippen LogP contribution in [-0.4, -0.2) is 31.4 Å². The molecule has 1 unspecified atom stereocenters. The van der Waals surface area contributed by atoms with E-state index in [0.29, 0.717) is 18.6 Å². The van der Waals surface area contributed by atoms with Crippen molar-refractivity contribution in [3.05, 3.63) is 23.8 Å². The Morgan fingerprint density at radius 3 is 3.12 bits per heavy atom. The molecule has 1 heterocycles. The zero-order valence-corrected chi connectivity index (χ0v) is 9.18. The summed E-state index contributed by atoms with van der Waals surface area (Å²) in [4.78, 5) is 2.07. The number of nitrogens with zero attached hydrogens (tertiary/aromatic N) is 2. The number of nitriles is 1. The van der Waals surface area contributed by atoms with Crippen molar-refractivity contribution >= 4 is 5.69 Å². The van der Waals surface area contributed by atoms with Gasteiger partial charge in [0.25, 0.3) is 0 Å². The monoisotopic (exact) mass is 218 g/mol. The third kappa shape index (κ3) is 1.82. The van der Waals surface area contributed by atoms with Crippen LogP contribution in [0.15, 0.2) is 18.2 Å². The Morgan fingerprint density at radius 2 is 2.44 bits per heavy atom. The lowest BCUT2D eigenvalue weighted by Gasteiger charge is -2.35. The molecule has 0 spiro atoms.